The van der Waals surface area contributed by atoms with Crippen LogP contribution in [0.4, 0.5) is 0 Å². The van der Waals surface area contributed by atoms with Crippen molar-refractivity contribution >= 4 is 23.6 Å². The molecule has 2 N–H and O–H groups in total. The normalized spacial score (nSPS) is 22.2. The Kier molecular flexibility index (Phi) is 4.09. The maximum absolute atomic E-state index is 12.1. The first-order chi connectivity index (χ1) is 9.01. The smallest absolute Gasteiger partial charge is 0.335 e. The predicted molar refractivity (Wildman–Crippen MR) is 73.1 cm³/mol. The van der Waals surface area contributed by atoms with Gasteiger partial charge in [0, 0.05) is 6.20 Å². The molecule has 19 heavy (non-hydrogen) atoms. The van der Waals surface area contributed by atoms with Crippen molar-refractivity contribution in [2.75, 3.05) is 5.75 Å². The Hall–Kier alpha value is -1.56. The van der Waals surface area contributed by atoms with Crippen LogP contribution in [-0.4, -0.2) is 32.5 Å². The summed E-state index contributed by atoms with van der Waals surface area (Å²) >= 11 is 1.67. The summed E-state index contributed by atoms with van der Waals surface area (Å²) < 4.78 is -0.357. The van der Waals surface area contributed by atoms with Gasteiger partial charge in [0.25, 0.3) is 0 Å². The van der Waals surface area contributed by atoms with Crippen molar-refractivity contribution in [2.45, 2.75) is 31.1 Å². The molecule has 1 amide bonds. The van der Waals surface area contributed by atoms with Gasteiger partial charge in [-0.3, -0.25) is 9.78 Å². The Balaban J connectivity index is 1.97. The van der Waals surface area contributed by atoms with E-state index in [9.17, 15) is 9.59 Å². The monoisotopic (exact) mass is 280 g/mol. The third kappa shape index (κ3) is 3.26. The van der Waals surface area contributed by atoms with Gasteiger partial charge < -0.3 is 10.4 Å². The number of carboxylic acid groups (broad SMARTS) is 1. The van der Waals surface area contributed by atoms with E-state index in [2.05, 4.69) is 10.3 Å². The zero-order valence-corrected chi connectivity index (χ0v) is 11.5. The molecule has 2 rings (SSSR count). The molecule has 0 bridgehead atoms. The lowest BCUT2D eigenvalue weighted by Gasteiger charge is -2.21. The molecule has 1 aromatic rings. The average molecular weight is 280 g/mol. The molecule has 1 saturated heterocycles. The molecule has 6 heteroatoms. The highest BCUT2D eigenvalue weighted by atomic mass is 32.2. The van der Waals surface area contributed by atoms with Crippen LogP contribution in [0.15, 0.2) is 18.3 Å². The van der Waals surface area contributed by atoms with Gasteiger partial charge in [0.05, 0.1) is 22.5 Å². The maximum Gasteiger partial charge on any atom is 0.335 e. The summed E-state index contributed by atoms with van der Waals surface area (Å²) in [6.45, 7) is 2.21. The van der Waals surface area contributed by atoms with Gasteiger partial charge in [-0.2, -0.15) is 0 Å². The van der Waals surface area contributed by atoms with Crippen LogP contribution in [0.25, 0.3) is 0 Å². The number of carboxylic acids is 1. The topological polar surface area (TPSA) is 79.3 Å². The number of nitrogens with zero attached hydrogens (tertiary/aromatic N) is 1. The molecule has 1 aliphatic heterocycles. The molecule has 1 aromatic heterocycles. The van der Waals surface area contributed by atoms with E-state index in [0.717, 1.165) is 18.6 Å². The van der Waals surface area contributed by atoms with Crippen LogP contribution >= 0.6 is 11.8 Å². The van der Waals surface area contributed by atoms with Crippen molar-refractivity contribution in [3.8, 4) is 0 Å². The highest BCUT2D eigenvalue weighted by Gasteiger charge is 2.36. The molecular formula is C13H16N2O3S. The van der Waals surface area contributed by atoms with Gasteiger partial charge >= 0.3 is 5.97 Å². The first-order valence-electron chi connectivity index (χ1n) is 6.12. The third-order valence-corrected chi connectivity index (χ3v) is 4.71. The van der Waals surface area contributed by atoms with Crippen LogP contribution in [-0.2, 0) is 11.3 Å². The molecule has 1 unspecified atom stereocenters. The number of carbonyl (C=O) groups excluding carboxylic acids is 1. The lowest BCUT2D eigenvalue weighted by Crippen LogP contribution is -2.40. The van der Waals surface area contributed by atoms with Crippen LogP contribution in [0.3, 0.4) is 0 Å². The first-order valence-corrected chi connectivity index (χ1v) is 7.10. The molecule has 1 aliphatic rings. The highest BCUT2D eigenvalue weighted by Crippen LogP contribution is 2.37. The van der Waals surface area contributed by atoms with Crippen molar-refractivity contribution in [3.63, 3.8) is 0 Å². The van der Waals surface area contributed by atoms with Crippen LogP contribution in [0.2, 0.25) is 0 Å². The molecule has 0 radical (unpaired) electrons. The van der Waals surface area contributed by atoms with Gasteiger partial charge in [-0.25, -0.2) is 4.79 Å². The lowest BCUT2D eigenvalue weighted by atomic mass is 10.0. The molecule has 0 aliphatic carbocycles. The van der Waals surface area contributed by atoms with Crippen LogP contribution in [0.5, 0.6) is 0 Å². The Morgan fingerprint density at radius 3 is 3.00 bits per heavy atom. The number of thioether (sulfide) groups is 1. The van der Waals surface area contributed by atoms with Gasteiger partial charge in [-0.05, 0) is 37.7 Å². The summed E-state index contributed by atoms with van der Waals surface area (Å²) in [5, 5.41) is 11.7. The van der Waals surface area contributed by atoms with E-state index in [1.807, 2.05) is 6.92 Å². The van der Waals surface area contributed by atoms with Crippen molar-refractivity contribution in [2.24, 2.45) is 0 Å². The number of aromatic nitrogens is 1. The van der Waals surface area contributed by atoms with E-state index in [-0.39, 0.29) is 22.8 Å². The van der Waals surface area contributed by atoms with Crippen LogP contribution in [0.1, 0.15) is 35.8 Å². The number of rotatable bonds is 4. The van der Waals surface area contributed by atoms with E-state index < -0.39 is 5.97 Å². The minimum atomic E-state index is -0.992. The van der Waals surface area contributed by atoms with Crippen molar-refractivity contribution in [3.05, 3.63) is 29.6 Å². The second-order valence-corrected chi connectivity index (χ2v) is 6.30. The maximum atomic E-state index is 12.1. The molecular weight excluding hydrogens is 264 g/mol. The van der Waals surface area contributed by atoms with Crippen molar-refractivity contribution in [1.82, 2.24) is 10.3 Å². The van der Waals surface area contributed by atoms with E-state index >= 15 is 0 Å². The summed E-state index contributed by atoms with van der Waals surface area (Å²) in [7, 11) is 0. The van der Waals surface area contributed by atoms with Crippen molar-refractivity contribution in [1.29, 1.82) is 0 Å². The molecule has 2 heterocycles. The zero-order valence-electron chi connectivity index (χ0n) is 10.7. The largest absolute Gasteiger partial charge is 0.478 e. The Bertz CT molecular complexity index is 498. The summed E-state index contributed by atoms with van der Waals surface area (Å²) in [6, 6.07) is 2.91. The first kappa shape index (κ1) is 13.9. The Morgan fingerprint density at radius 1 is 1.58 bits per heavy atom. The minimum absolute atomic E-state index is 0.00229. The fraction of sp³-hybridized carbons (Fsp3) is 0.462. The van der Waals surface area contributed by atoms with Gasteiger partial charge in [0.1, 0.15) is 0 Å². The fourth-order valence-electron chi connectivity index (χ4n) is 2.02. The third-order valence-electron chi connectivity index (χ3n) is 3.19. The number of carbonyl (C=O) groups is 2. The van der Waals surface area contributed by atoms with Crippen LogP contribution in [0, 0.1) is 0 Å². The molecule has 1 atom stereocenters. The minimum Gasteiger partial charge on any atom is -0.478 e. The molecule has 102 valence electrons. The Morgan fingerprint density at radius 2 is 2.37 bits per heavy atom. The van der Waals surface area contributed by atoms with E-state index in [1.165, 1.54) is 18.3 Å². The molecule has 1 fully saturated rings. The number of pyridine rings is 1. The van der Waals surface area contributed by atoms with Crippen LogP contribution < -0.4 is 5.32 Å². The highest BCUT2D eigenvalue weighted by molar-refractivity contribution is 8.01. The number of nitrogens with one attached hydrogen (secondary N) is 1. The summed E-state index contributed by atoms with van der Waals surface area (Å²) in [6.07, 6.45) is 3.38. The van der Waals surface area contributed by atoms with E-state index in [0.29, 0.717) is 5.69 Å². The Labute approximate surface area is 115 Å². The van der Waals surface area contributed by atoms with E-state index in [1.54, 1.807) is 11.8 Å². The summed E-state index contributed by atoms with van der Waals surface area (Å²) in [5.41, 5.74) is 0.737. The van der Waals surface area contributed by atoms with Gasteiger partial charge in [0.15, 0.2) is 0 Å². The SMILES string of the molecule is CC1(C(=O)NCc2cc(C(=O)O)ccn2)CCCS1. The quantitative estimate of drug-likeness (QED) is 0.877. The average Bonchev–Trinajstić information content (AvgIpc) is 2.84. The molecule has 0 spiro atoms. The van der Waals surface area contributed by atoms with Gasteiger partial charge in [-0.15, -0.1) is 11.8 Å². The summed E-state index contributed by atoms with van der Waals surface area (Å²) in [4.78, 5) is 27.0. The second kappa shape index (κ2) is 5.61. The van der Waals surface area contributed by atoms with Crippen molar-refractivity contribution < 1.29 is 14.7 Å². The van der Waals surface area contributed by atoms with Gasteiger partial charge in [-0.1, -0.05) is 0 Å². The molecule has 5 nitrogen and oxygen atoms in total. The standard InChI is InChI=1S/C13H16N2O3S/c1-13(4-2-6-19-13)12(18)15-8-10-7-9(11(16)17)3-5-14-10/h3,5,7H,2,4,6,8H2,1H3,(H,15,18)(H,16,17). The molecule has 0 saturated carbocycles. The number of hydrogen-bond donors (Lipinski definition) is 2. The molecule has 0 aromatic carbocycles. The zero-order chi connectivity index (χ0) is 13.9. The van der Waals surface area contributed by atoms with Gasteiger partial charge in [0.2, 0.25) is 5.91 Å². The number of amides is 1. The number of hydrogen-bond acceptors (Lipinski definition) is 4. The fourth-order valence-corrected chi connectivity index (χ4v) is 3.26. The second-order valence-electron chi connectivity index (χ2n) is 4.71. The number of aromatic carboxylic acids is 1. The lowest BCUT2D eigenvalue weighted by molar-refractivity contribution is -0.123. The van der Waals surface area contributed by atoms with E-state index in [4.69, 9.17) is 5.11 Å². The predicted octanol–water partition coefficient (Wildman–Crippen LogP) is 1.68. The summed E-state index contributed by atoms with van der Waals surface area (Å²) in [5.74, 6) is 0.0160.